The molecule has 1 saturated carbocycles. The Balaban J connectivity index is 1.28. The number of imidazole rings is 1. The maximum atomic E-state index is 12.6. The molecule has 0 radical (unpaired) electrons. The Morgan fingerprint density at radius 2 is 2.00 bits per heavy atom. The molecule has 2 fully saturated rings. The standard InChI is InChI=1S/C21H27N3O2/c1-14-16(6-7-19(14)25)13-21(26)24-10-8-15(9-11-24)12-20-22-17-4-2-3-5-18(17)23-20/h2-5,14-16H,6-13H2,1H3,(H,22,23). The van der Waals surface area contributed by atoms with Gasteiger partial charge in [0.05, 0.1) is 11.0 Å². The largest absolute Gasteiger partial charge is 0.343 e. The molecule has 26 heavy (non-hydrogen) atoms. The van der Waals surface area contributed by atoms with Crippen molar-refractivity contribution in [1.29, 1.82) is 0 Å². The van der Waals surface area contributed by atoms with Crippen LogP contribution in [0.5, 0.6) is 0 Å². The highest BCUT2D eigenvalue weighted by molar-refractivity contribution is 5.85. The number of nitrogens with one attached hydrogen (secondary N) is 1. The lowest BCUT2D eigenvalue weighted by Crippen LogP contribution is -2.40. The van der Waals surface area contributed by atoms with Crippen LogP contribution in [0.2, 0.25) is 0 Å². The second kappa shape index (κ2) is 7.22. The van der Waals surface area contributed by atoms with E-state index in [2.05, 4.69) is 16.0 Å². The van der Waals surface area contributed by atoms with Gasteiger partial charge in [0.2, 0.25) is 5.91 Å². The van der Waals surface area contributed by atoms with E-state index in [1.165, 1.54) is 0 Å². The highest BCUT2D eigenvalue weighted by Crippen LogP contribution is 2.32. The fourth-order valence-electron chi connectivity index (χ4n) is 4.46. The average Bonchev–Trinajstić information content (AvgIpc) is 3.19. The molecule has 2 unspecified atom stereocenters. The van der Waals surface area contributed by atoms with E-state index in [9.17, 15) is 9.59 Å². The summed E-state index contributed by atoms with van der Waals surface area (Å²) in [7, 11) is 0. The molecular formula is C21H27N3O2. The van der Waals surface area contributed by atoms with Crippen LogP contribution in [0.15, 0.2) is 24.3 Å². The number of aromatic amines is 1. The highest BCUT2D eigenvalue weighted by atomic mass is 16.2. The zero-order valence-corrected chi connectivity index (χ0v) is 15.4. The van der Waals surface area contributed by atoms with Gasteiger partial charge in [0.1, 0.15) is 11.6 Å². The maximum Gasteiger partial charge on any atom is 0.222 e. The third-order valence-electron chi connectivity index (χ3n) is 6.30. The normalized spacial score (nSPS) is 24.5. The topological polar surface area (TPSA) is 66.1 Å². The fraction of sp³-hybridized carbons (Fsp3) is 0.571. The summed E-state index contributed by atoms with van der Waals surface area (Å²) in [5.41, 5.74) is 2.12. The second-order valence-electron chi connectivity index (χ2n) is 7.99. The first-order valence-corrected chi connectivity index (χ1v) is 9.84. The van der Waals surface area contributed by atoms with Gasteiger partial charge >= 0.3 is 0 Å². The number of aromatic nitrogens is 2. The molecule has 138 valence electrons. The number of Topliss-reactive ketones (excluding diaryl/α,β-unsaturated/α-hetero) is 1. The summed E-state index contributed by atoms with van der Waals surface area (Å²) in [4.78, 5) is 34.4. The molecule has 0 bridgehead atoms. The minimum absolute atomic E-state index is 0.0598. The van der Waals surface area contributed by atoms with Crippen LogP contribution in [0.25, 0.3) is 11.0 Å². The van der Waals surface area contributed by atoms with E-state index in [1.807, 2.05) is 30.0 Å². The van der Waals surface area contributed by atoms with Crippen molar-refractivity contribution >= 4 is 22.7 Å². The van der Waals surface area contributed by atoms with Crippen molar-refractivity contribution in [2.24, 2.45) is 17.8 Å². The molecule has 1 aromatic heterocycles. The summed E-state index contributed by atoms with van der Waals surface area (Å²) < 4.78 is 0. The van der Waals surface area contributed by atoms with Gasteiger partial charge in [0.25, 0.3) is 0 Å². The van der Waals surface area contributed by atoms with Crippen LogP contribution in [0.3, 0.4) is 0 Å². The molecule has 4 rings (SSSR count). The van der Waals surface area contributed by atoms with E-state index in [1.54, 1.807) is 0 Å². The number of amides is 1. The Bertz CT molecular complexity index is 771. The number of benzene rings is 1. The number of rotatable bonds is 4. The van der Waals surface area contributed by atoms with E-state index in [0.717, 1.165) is 55.6 Å². The maximum absolute atomic E-state index is 12.6. The first-order valence-electron chi connectivity index (χ1n) is 9.84. The summed E-state index contributed by atoms with van der Waals surface area (Å²) in [6.45, 7) is 3.64. The van der Waals surface area contributed by atoms with Gasteiger partial charge in [0, 0.05) is 38.3 Å². The molecule has 1 aliphatic heterocycles. The molecule has 1 aromatic carbocycles. The van der Waals surface area contributed by atoms with Crippen LogP contribution in [-0.4, -0.2) is 39.6 Å². The first kappa shape index (κ1) is 17.3. The molecule has 1 N–H and O–H groups in total. The van der Waals surface area contributed by atoms with Gasteiger partial charge in [-0.2, -0.15) is 0 Å². The predicted octanol–water partition coefficient (Wildman–Crippen LogP) is 3.35. The molecule has 2 aliphatic rings. The summed E-state index contributed by atoms with van der Waals surface area (Å²) in [5, 5.41) is 0. The number of H-pyrrole nitrogens is 1. The lowest BCUT2D eigenvalue weighted by molar-refractivity contribution is -0.134. The molecule has 5 nitrogen and oxygen atoms in total. The monoisotopic (exact) mass is 353 g/mol. The van der Waals surface area contributed by atoms with Crippen LogP contribution >= 0.6 is 0 Å². The smallest absolute Gasteiger partial charge is 0.222 e. The lowest BCUT2D eigenvalue weighted by Gasteiger charge is -2.32. The van der Waals surface area contributed by atoms with Crippen molar-refractivity contribution in [3.8, 4) is 0 Å². The molecule has 2 aromatic rings. The van der Waals surface area contributed by atoms with Crippen molar-refractivity contribution in [3.05, 3.63) is 30.1 Å². The van der Waals surface area contributed by atoms with Crippen LogP contribution in [-0.2, 0) is 16.0 Å². The van der Waals surface area contributed by atoms with E-state index in [0.29, 0.717) is 24.5 Å². The molecule has 2 atom stereocenters. The Labute approximate surface area is 154 Å². The average molecular weight is 353 g/mol. The van der Waals surface area contributed by atoms with Crippen molar-refractivity contribution < 1.29 is 9.59 Å². The Morgan fingerprint density at radius 1 is 1.23 bits per heavy atom. The number of para-hydroxylation sites is 2. The van der Waals surface area contributed by atoms with Gasteiger partial charge in [-0.3, -0.25) is 9.59 Å². The molecule has 0 spiro atoms. The van der Waals surface area contributed by atoms with E-state index >= 15 is 0 Å². The summed E-state index contributed by atoms with van der Waals surface area (Å²) in [5.74, 6) is 2.50. The number of hydrogen-bond acceptors (Lipinski definition) is 3. The van der Waals surface area contributed by atoms with Gasteiger partial charge in [-0.05, 0) is 43.2 Å². The molecule has 1 saturated heterocycles. The van der Waals surface area contributed by atoms with Crippen molar-refractivity contribution in [3.63, 3.8) is 0 Å². The number of piperidine rings is 1. The van der Waals surface area contributed by atoms with Crippen molar-refractivity contribution in [1.82, 2.24) is 14.9 Å². The molecule has 2 heterocycles. The third kappa shape index (κ3) is 3.53. The van der Waals surface area contributed by atoms with Crippen LogP contribution < -0.4 is 0 Å². The SMILES string of the molecule is CC1C(=O)CCC1CC(=O)N1CCC(Cc2nc3ccccc3[nH]2)CC1. The Kier molecular flexibility index (Phi) is 4.79. The van der Waals surface area contributed by atoms with E-state index < -0.39 is 0 Å². The van der Waals surface area contributed by atoms with Gasteiger partial charge in [-0.25, -0.2) is 4.98 Å². The van der Waals surface area contributed by atoms with Gasteiger partial charge in [-0.1, -0.05) is 19.1 Å². The number of likely N-dealkylation sites (tertiary alicyclic amines) is 1. The van der Waals surface area contributed by atoms with Crippen LogP contribution in [0.4, 0.5) is 0 Å². The molecule has 5 heteroatoms. The number of carbonyl (C=O) groups is 2. The zero-order valence-electron chi connectivity index (χ0n) is 15.4. The minimum atomic E-state index is 0.0598. The Morgan fingerprint density at radius 3 is 2.69 bits per heavy atom. The minimum Gasteiger partial charge on any atom is -0.343 e. The first-order chi connectivity index (χ1) is 12.6. The molecule has 1 amide bonds. The molecule has 1 aliphatic carbocycles. The van der Waals surface area contributed by atoms with E-state index in [-0.39, 0.29) is 17.7 Å². The number of hydrogen-bond donors (Lipinski definition) is 1. The van der Waals surface area contributed by atoms with Gasteiger partial charge < -0.3 is 9.88 Å². The highest BCUT2D eigenvalue weighted by Gasteiger charge is 2.34. The number of fused-ring (bicyclic) bond motifs is 1. The summed E-state index contributed by atoms with van der Waals surface area (Å²) >= 11 is 0. The number of ketones is 1. The Hall–Kier alpha value is -2.17. The summed E-state index contributed by atoms with van der Waals surface area (Å²) in [6, 6.07) is 8.12. The number of carbonyl (C=O) groups excluding carboxylic acids is 2. The molecular weight excluding hydrogens is 326 g/mol. The van der Waals surface area contributed by atoms with Gasteiger partial charge in [-0.15, -0.1) is 0 Å². The van der Waals surface area contributed by atoms with Crippen LogP contribution in [0, 0.1) is 17.8 Å². The summed E-state index contributed by atoms with van der Waals surface area (Å²) in [6.07, 6.45) is 5.09. The van der Waals surface area contributed by atoms with Gasteiger partial charge in [0.15, 0.2) is 0 Å². The lowest BCUT2D eigenvalue weighted by atomic mass is 9.91. The fourth-order valence-corrected chi connectivity index (χ4v) is 4.46. The van der Waals surface area contributed by atoms with Crippen LogP contribution in [0.1, 0.15) is 44.9 Å². The van der Waals surface area contributed by atoms with Crippen molar-refractivity contribution in [2.75, 3.05) is 13.1 Å². The van der Waals surface area contributed by atoms with E-state index in [4.69, 9.17) is 0 Å². The number of nitrogens with zero attached hydrogens (tertiary/aromatic N) is 2. The predicted molar refractivity (Wildman–Crippen MR) is 101 cm³/mol. The zero-order chi connectivity index (χ0) is 18.1. The van der Waals surface area contributed by atoms with Crippen molar-refractivity contribution in [2.45, 2.75) is 45.4 Å². The third-order valence-corrected chi connectivity index (χ3v) is 6.30. The quantitative estimate of drug-likeness (QED) is 0.917. The second-order valence-corrected chi connectivity index (χ2v) is 7.99.